The number of esters is 1. The van der Waals surface area contributed by atoms with E-state index in [2.05, 4.69) is 31.8 Å². The van der Waals surface area contributed by atoms with Gasteiger partial charge < -0.3 is 15.0 Å². The number of piperidine rings is 1. The Morgan fingerprint density at radius 1 is 1.53 bits per heavy atom. The van der Waals surface area contributed by atoms with Crippen LogP contribution in [0, 0.1) is 0 Å². The normalized spacial score (nSPS) is 17.2. The number of ether oxygens (including phenoxy) is 1. The number of methoxy groups -OCH3 is 1. The van der Waals surface area contributed by atoms with Gasteiger partial charge in [0, 0.05) is 25.3 Å². The maximum Gasteiger partial charge on any atom is 0.376 e. The molecule has 0 saturated carbocycles. The molecule has 1 aromatic heterocycles. The van der Waals surface area contributed by atoms with Gasteiger partial charge in [0.25, 0.3) is 0 Å². The molecule has 2 rings (SSSR count). The Morgan fingerprint density at radius 2 is 2.26 bits per heavy atom. The standard InChI is InChI=1S/C13H20N4O2/c1-3-17-8-5-10(6-9-17)15-11-4-7-14-12(16-11)13(18)19-2/h4,7,10H,3,5-6,8-9H2,1-2H3,(H,14,15,16). The number of hydrogen-bond donors (Lipinski definition) is 1. The second-order valence-corrected chi connectivity index (χ2v) is 4.61. The number of nitrogens with zero attached hydrogens (tertiary/aromatic N) is 3. The minimum absolute atomic E-state index is 0.0958. The van der Waals surface area contributed by atoms with Crippen molar-refractivity contribution in [3.63, 3.8) is 0 Å². The van der Waals surface area contributed by atoms with Crippen LogP contribution in [0.2, 0.25) is 0 Å². The van der Waals surface area contributed by atoms with Crippen LogP contribution >= 0.6 is 0 Å². The molecule has 1 fully saturated rings. The molecule has 0 atom stereocenters. The fourth-order valence-corrected chi connectivity index (χ4v) is 2.23. The molecule has 1 aromatic rings. The van der Waals surface area contributed by atoms with Crippen molar-refractivity contribution in [2.24, 2.45) is 0 Å². The van der Waals surface area contributed by atoms with E-state index in [1.807, 2.05) is 0 Å². The molecule has 1 aliphatic heterocycles. The lowest BCUT2D eigenvalue weighted by Gasteiger charge is -2.31. The predicted octanol–water partition coefficient (Wildman–Crippen LogP) is 1.16. The molecule has 1 N–H and O–H groups in total. The monoisotopic (exact) mass is 264 g/mol. The van der Waals surface area contributed by atoms with E-state index in [4.69, 9.17) is 0 Å². The number of anilines is 1. The summed E-state index contributed by atoms with van der Waals surface area (Å²) >= 11 is 0. The zero-order valence-electron chi connectivity index (χ0n) is 11.4. The Labute approximate surface area is 113 Å². The van der Waals surface area contributed by atoms with Gasteiger partial charge in [0.2, 0.25) is 5.82 Å². The van der Waals surface area contributed by atoms with Crippen molar-refractivity contribution in [3.05, 3.63) is 18.1 Å². The topological polar surface area (TPSA) is 67.4 Å². The highest BCUT2D eigenvalue weighted by atomic mass is 16.5. The zero-order chi connectivity index (χ0) is 13.7. The van der Waals surface area contributed by atoms with Gasteiger partial charge in [-0.15, -0.1) is 0 Å². The summed E-state index contributed by atoms with van der Waals surface area (Å²) in [6.07, 6.45) is 3.75. The SMILES string of the molecule is CCN1CCC(Nc2ccnc(C(=O)OC)n2)CC1. The van der Waals surface area contributed by atoms with Gasteiger partial charge in [0.05, 0.1) is 7.11 Å². The van der Waals surface area contributed by atoms with Crippen LogP contribution in [0.25, 0.3) is 0 Å². The van der Waals surface area contributed by atoms with E-state index < -0.39 is 5.97 Å². The van der Waals surface area contributed by atoms with Crippen molar-refractivity contribution >= 4 is 11.8 Å². The Morgan fingerprint density at radius 3 is 2.89 bits per heavy atom. The van der Waals surface area contributed by atoms with E-state index in [1.54, 1.807) is 12.3 Å². The average molecular weight is 264 g/mol. The number of rotatable bonds is 4. The summed E-state index contributed by atoms with van der Waals surface area (Å²) < 4.78 is 4.61. The first-order valence-corrected chi connectivity index (χ1v) is 6.63. The van der Waals surface area contributed by atoms with Crippen molar-refractivity contribution in [3.8, 4) is 0 Å². The first-order chi connectivity index (χ1) is 9.22. The van der Waals surface area contributed by atoms with Crippen LogP contribution in [-0.2, 0) is 4.74 Å². The van der Waals surface area contributed by atoms with Crippen molar-refractivity contribution in [2.75, 3.05) is 32.1 Å². The zero-order valence-corrected chi connectivity index (χ0v) is 11.4. The second kappa shape index (κ2) is 6.47. The number of carbonyl (C=O) groups is 1. The molecule has 0 aromatic carbocycles. The van der Waals surface area contributed by atoms with E-state index in [0.717, 1.165) is 32.5 Å². The van der Waals surface area contributed by atoms with Crippen LogP contribution in [0.1, 0.15) is 30.4 Å². The van der Waals surface area contributed by atoms with Crippen molar-refractivity contribution in [2.45, 2.75) is 25.8 Å². The lowest BCUT2D eigenvalue weighted by Crippen LogP contribution is -2.39. The molecule has 0 amide bonds. The molecule has 6 nitrogen and oxygen atoms in total. The van der Waals surface area contributed by atoms with E-state index in [9.17, 15) is 4.79 Å². The third-order valence-corrected chi connectivity index (χ3v) is 3.41. The van der Waals surface area contributed by atoms with Crippen LogP contribution in [0.3, 0.4) is 0 Å². The highest BCUT2D eigenvalue weighted by Crippen LogP contribution is 2.14. The predicted molar refractivity (Wildman–Crippen MR) is 72.1 cm³/mol. The van der Waals surface area contributed by atoms with Gasteiger partial charge in [-0.05, 0) is 25.5 Å². The summed E-state index contributed by atoms with van der Waals surface area (Å²) in [5.41, 5.74) is 0. The number of hydrogen-bond acceptors (Lipinski definition) is 6. The summed E-state index contributed by atoms with van der Waals surface area (Å²) in [6, 6.07) is 2.18. The van der Waals surface area contributed by atoms with E-state index >= 15 is 0 Å². The number of likely N-dealkylation sites (tertiary alicyclic amines) is 1. The molecule has 2 heterocycles. The van der Waals surface area contributed by atoms with Crippen LogP contribution in [-0.4, -0.2) is 53.6 Å². The fourth-order valence-electron chi connectivity index (χ4n) is 2.23. The minimum Gasteiger partial charge on any atom is -0.463 e. The quantitative estimate of drug-likeness (QED) is 0.823. The van der Waals surface area contributed by atoms with E-state index in [0.29, 0.717) is 11.9 Å². The number of nitrogens with one attached hydrogen (secondary N) is 1. The van der Waals surface area contributed by atoms with Gasteiger partial charge >= 0.3 is 5.97 Å². The Hall–Kier alpha value is -1.69. The summed E-state index contributed by atoms with van der Waals surface area (Å²) in [6.45, 7) is 5.49. The molecule has 104 valence electrons. The highest BCUT2D eigenvalue weighted by Gasteiger charge is 2.18. The molecular weight excluding hydrogens is 244 g/mol. The molecule has 0 unspecified atom stereocenters. The van der Waals surface area contributed by atoms with E-state index in [1.165, 1.54) is 7.11 Å². The molecule has 0 bridgehead atoms. The van der Waals surface area contributed by atoms with Crippen molar-refractivity contribution in [1.29, 1.82) is 0 Å². The smallest absolute Gasteiger partial charge is 0.376 e. The summed E-state index contributed by atoms with van der Waals surface area (Å²) in [5.74, 6) is 0.272. The Kier molecular flexibility index (Phi) is 4.68. The third-order valence-electron chi connectivity index (χ3n) is 3.41. The molecule has 6 heteroatoms. The maximum atomic E-state index is 11.4. The van der Waals surface area contributed by atoms with Crippen LogP contribution in [0.5, 0.6) is 0 Å². The third kappa shape index (κ3) is 3.64. The highest BCUT2D eigenvalue weighted by molar-refractivity contribution is 5.85. The van der Waals surface area contributed by atoms with Gasteiger partial charge in [-0.1, -0.05) is 6.92 Å². The lowest BCUT2D eigenvalue weighted by atomic mass is 10.1. The first kappa shape index (κ1) is 13.7. The largest absolute Gasteiger partial charge is 0.463 e. The number of aromatic nitrogens is 2. The van der Waals surface area contributed by atoms with Crippen LogP contribution in [0.15, 0.2) is 12.3 Å². The maximum absolute atomic E-state index is 11.4. The molecule has 1 saturated heterocycles. The first-order valence-electron chi connectivity index (χ1n) is 6.63. The summed E-state index contributed by atoms with van der Waals surface area (Å²) in [4.78, 5) is 21.8. The van der Waals surface area contributed by atoms with Gasteiger partial charge in [-0.25, -0.2) is 14.8 Å². The minimum atomic E-state index is -0.510. The second-order valence-electron chi connectivity index (χ2n) is 4.61. The molecule has 0 spiro atoms. The molecular formula is C13H20N4O2. The lowest BCUT2D eigenvalue weighted by molar-refractivity contribution is 0.0587. The molecule has 19 heavy (non-hydrogen) atoms. The van der Waals surface area contributed by atoms with Crippen LogP contribution < -0.4 is 5.32 Å². The van der Waals surface area contributed by atoms with Crippen molar-refractivity contribution < 1.29 is 9.53 Å². The Balaban J connectivity index is 1.94. The van der Waals surface area contributed by atoms with Gasteiger partial charge in [-0.2, -0.15) is 0 Å². The molecule has 0 aliphatic carbocycles. The fraction of sp³-hybridized carbons (Fsp3) is 0.615. The molecule has 1 aliphatic rings. The summed E-state index contributed by atoms with van der Waals surface area (Å²) in [7, 11) is 1.33. The Bertz CT molecular complexity index is 430. The molecule has 0 radical (unpaired) electrons. The summed E-state index contributed by atoms with van der Waals surface area (Å²) in [5, 5.41) is 3.36. The van der Waals surface area contributed by atoms with Crippen LogP contribution in [0.4, 0.5) is 5.82 Å². The van der Waals surface area contributed by atoms with Gasteiger partial charge in [0.1, 0.15) is 5.82 Å². The number of carbonyl (C=O) groups excluding carboxylic acids is 1. The van der Waals surface area contributed by atoms with Crippen molar-refractivity contribution in [1.82, 2.24) is 14.9 Å². The average Bonchev–Trinajstić information content (AvgIpc) is 2.47. The van der Waals surface area contributed by atoms with Gasteiger partial charge in [0.15, 0.2) is 0 Å². The van der Waals surface area contributed by atoms with Gasteiger partial charge in [-0.3, -0.25) is 0 Å². The van der Waals surface area contributed by atoms with E-state index in [-0.39, 0.29) is 5.82 Å².